The monoisotopic (exact) mass is 262 g/mol. The molecule has 2 rings (SSSR count). The third kappa shape index (κ3) is 3.47. The largest absolute Gasteiger partial charge is 0.482 e. The van der Waals surface area contributed by atoms with Crippen molar-refractivity contribution in [1.29, 1.82) is 0 Å². The highest BCUT2D eigenvalue weighted by atomic mass is 16.5. The molecular formula is C15H22N2O2. The summed E-state index contributed by atoms with van der Waals surface area (Å²) in [6.07, 6.45) is 3.28. The van der Waals surface area contributed by atoms with E-state index < -0.39 is 0 Å². The molecule has 1 heterocycles. The highest BCUT2D eigenvalue weighted by Gasteiger charge is 2.24. The van der Waals surface area contributed by atoms with Crippen LogP contribution in [0.4, 0.5) is 5.69 Å². The number of hydrogen-bond acceptors (Lipinski definition) is 3. The molecule has 1 aliphatic heterocycles. The van der Waals surface area contributed by atoms with E-state index in [9.17, 15) is 4.79 Å². The van der Waals surface area contributed by atoms with Gasteiger partial charge in [-0.05, 0) is 38.9 Å². The first-order valence-electron chi connectivity index (χ1n) is 6.92. The Morgan fingerprint density at radius 2 is 2.16 bits per heavy atom. The number of amides is 1. The van der Waals surface area contributed by atoms with Crippen LogP contribution in [0.5, 0.6) is 5.75 Å². The number of ether oxygens (including phenoxy) is 1. The molecular weight excluding hydrogens is 240 g/mol. The Labute approximate surface area is 114 Å². The van der Waals surface area contributed by atoms with Crippen molar-refractivity contribution in [2.24, 2.45) is 0 Å². The minimum absolute atomic E-state index is 0.0559. The number of para-hydroxylation sites is 2. The second kappa shape index (κ2) is 6.57. The predicted molar refractivity (Wildman–Crippen MR) is 76.7 cm³/mol. The molecule has 19 heavy (non-hydrogen) atoms. The molecule has 0 aromatic heterocycles. The van der Waals surface area contributed by atoms with Gasteiger partial charge in [0.1, 0.15) is 5.75 Å². The lowest BCUT2D eigenvalue weighted by Gasteiger charge is -2.29. The van der Waals surface area contributed by atoms with Crippen molar-refractivity contribution in [2.75, 3.05) is 25.1 Å². The van der Waals surface area contributed by atoms with E-state index in [0.717, 1.165) is 37.2 Å². The summed E-state index contributed by atoms with van der Waals surface area (Å²) in [5, 5.41) is 3.23. The maximum absolute atomic E-state index is 11.9. The molecule has 1 amide bonds. The molecule has 0 fully saturated rings. The summed E-state index contributed by atoms with van der Waals surface area (Å²) < 4.78 is 5.43. The van der Waals surface area contributed by atoms with E-state index in [0.29, 0.717) is 6.04 Å². The standard InChI is InChI=1S/C15H22N2O2/c1-12(16-2)7-5-6-10-17-13-8-3-4-9-14(13)19-11-15(17)18/h3-4,8-9,12,16H,5-7,10-11H2,1-2H3. The van der Waals surface area contributed by atoms with Crippen LogP contribution in [0.1, 0.15) is 26.2 Å². The van der Waals surface area contributed by atoms with Crippen LogP contribution >= 0.6 is 0 Å². The molecule has 4 nitrogen and oxygen atoms in total. The lowest BCUT2D eigenvalue weighted by molar-refractivity contribution is -0.121. The molecule has 0 saturated heterocycles. The molecule has 1 aliphatic rings. The Morgan fingerprint density at radius 1 is 1.37 bits per heavy atom. The van der Waals surface area contributed by atoms with Crippen LogP contribution in [-0.4, -0.2) is 32.1 Å². The number of carbonyl (C=O) groups excluding carboxylic acids is 1. The van der Waals surface area contributed by atoms with Gasteiger partial charge in [0.05, 0.1) is 5.69 Å². The summed E-state index contributed by atoms with van der Waals surface area (Å²) >= 11 is 0. The minimum atomic E-state index is 0.0559. The smallest absolute Gasteiger partial charge is 0.265 e. The van der Waals surface area contributed by atoms with Gasteiger partial charge >= 0.3 is 0 Å². The molecule has 1 aromatic carbocycles. The molecule has 1 unspecified atom stereocenters. The number of anilines is 1. The normalized spacial score (nSPS) is 15.9. The van der Waals surface area contributed by atoms with Gasteiger partial charge in [-0.15, -0.1) is 0 Å². The molecule has 0 bridgehead atoms. The molecule has 0 radical (unpaired) electrons. The summed E-state index contributed by atoms with van der Waals surface area (Å²) in [4.78, 5) is 13.8. The van der Waals surface area contributed by atoms with E-state index in [1.807, 2.05) is 36.2 Å². The highest BCUT2D eigenvalue weighted by Crippen LogP contribution is 2.31. The Morgan fingerprint density at radius 3 is 2.95 bits per heavy atom. The Balaban J connectivity index is 1.91. The molecule has 1 aromatic rings. The number of hydrogen-bond donors (Lipinski definition) is 1. The van der Waals surface area contributed by atoms with Gasteiger partial charge in [0.2, 0.25) is 0 Å². The Hall–Kier alpha value is -1.55. The van der Waals surface area contributed by atoms with E-state index >= 15 is 0 Å². The molecule has 4 heteroatoms. The first kappa shape index (κ1) is 13.9. The van der Waals surface area contributed by atoms with Gasteiger partial charge in [-0.3, -0.25) is 4.79 Å². The third-order valence-corrected chi connectivity index (χ3v) is 3.57. The lowest BCUT2D eigenvalue weighted by atomic mass is 10.1. The van der Waals surface area contributed by atoms with Gasteiger partial charge in [0, 0.05) is 12.6 Å². The summed E-state index contributed by atoms with van der Waals surface area (Å²) in [7, 11) is 1.98. The summed E-state index contributed by atoms with van der Waals surface area (Å²) in [6, 6.07) is 8.27. The van der Waals surface area contributed by atoms with Crippen LogP contribution in [0.25, 0.3) is 0 Å². The fourth-order valence-electron chi connectivity index (χ4n) is 2.26. The van der Waals surface area contributed by atoms with Crippen molar-refractivity contribution < 1.29 is 9.53 Å². The molecule has 0 aliphatic carbocycles. The first-order chi connectivity index (χ1) is 9.22. The van der Waals surface area contributed by atoms with Crippen molar-refractivity contribution in [3.63, 3.8) is 0 Å². The van der Waals surface area contributed by atoms with Crippen molar-refractivity contribution in [3.8, 4) is 5.75 Å². The quantitative estimate of drug-likeness (QED) is 0.799. The number of nitrogens with zero attached hydrogens (tertiary/aromatic N) is 1. The van der Waals surface area contributed by atoms with Crippen LogP contribution in [0.2, 0.25) is 0 Å². The van der Waals surface area contributed by atoms with E-state index in [1.165, 1.54) is 0 Å². The van der Waals surface area contributed by atoms with E-state index in [-0.39, 0.29) is 12.5 Å². The summed E-state index contributed by atoms with van der Waals surface area (Å²) in [5.74, 6) is 0.867. The van der Waals surface area contributed by atoms with Crippen molar-refractivity contribution >= 4 is 11.6 Å². The molecule has 0 spiro atoms. The van der Waals surface area contributed by atoms with Crippen LogP contribution < -0.4 is 15.0 Å². The minimum Gasteiger partial charge on any atom is -0.482 e. The zero-order valence-corrected chi connectivity index (χ0v) is 11.7. The van der Waals surface area contributed by atoms with Crippen molar-refractivity contribution in [3.05, 3.63) is 24.3 Å². The van der Waals surface area contributed by atoms with Gasteiger partial charge in [-0.2, -0.15) is 0 Å². The number of fused-ring (bicyclic) bond motifs is 1. The fourth-order valence-corrected chi connectivity index (χ4v) is 2.26. The fraction of sp³-hybridized carbons (Fsp3) is 0.533. The zero-order chi connectivity index (χ0) is 13.7. The van der Waals surface area contributed by atoms with E-state index in [4.69, 9.17) is 4.74 Å². The van der Waals surface area contributed by atoms with Crippen LogP contribution in [0, 0.1) is 0 Å². The highest BCUT2D eigenvalue weighted by molar-refractivity contribution is 5.97. The Bertz CT molecular complexity index is 434. The van der Waals surface area contributed by atoms with Crippen LogP contribution in [-0.2, 0) is 4.79 Å². The number of nitrogens with one attached hydrogen (secondary N) is 1. The van der Waals surface area contributed by atoms with Gasteiger partial charge in [-0.1, -0.05) is 18.6 Å². The van der Waals surface area contributed by atoms with E-state index in [2.05, 4.69) is 12.2 Å². The number of carbonyl (C=O) groups is 1. The maximum atomic E-state index is 11.9. The predicted octanol–water partition coefficient (Wildman–Crippen LogP) is 2.19. The molecule has 0 saturated carbocycles. The number of benzene rings is 1. The number of rotatable bonds is 6. The SMILES string of the molecule is CNC(C)CCCCN1C(=O)COc2ccccc21. The zero-order valence-electron chi connectivity index (χ0n) is 11.7. The van der Waals surface area contributed by atoms with Gasteiger partial charge in [-0.25, -0.2) is 0 Å². The molecule has 1 atom stereocenters. The first-order valence-corrected chi connectivity index (χ1v) is 6.92. The van der Waals surface area contributed by atoms with Crippen LogP contribution in [0.3, 0.4) is 0 Å². The van der Waals surface area contributed by atoms with Gasteiger partial charge in [0.25, 0.3) is 5.91 Å². The van der Waals surface area contributed by atoms with Gasteiger partial charge in [0.15, 0.2) is 6.61 Å². The van der Waals surface area contributed by atoms with Crippen molar-refractivity contribution in [1.82, 2.24) is 5.32 Å². The van der Waals surface area contributed by atoms with E-state index in [1.54, 1.807) is 0 Å². The lowest BCUT2D eigenvalue weighted by Crippen LogP contribution is -2.39. The summed E-state index contributed by atoms with van der Waals surface area (Å²) in [5.41, 5.74) is 0.903. The van der Waals surface area contributed by atoms with Crippen LogP contribution in [0.15, 0.2) is 24.3 Å². The molecule has 104 valence electrons. The second-order valence-corrected chi connectivity index (χ2v) is 4.99. The summed E-state index contributed by atoms with van der Waals surface area (Å²) in [6.45, 7) is 3.11. The average molecular weight is 262 g/mol. The topological polar surface area (TPSA) is 41.6 Å². The average Bonchev–Trinajstić information content (AvgIpc) is 2.45. The third-order valence-electron chi connectivity index (χ3n) is 3.57. The Kier molecular flexibility index (Phi) is 4.80. The molecule has 1 N–H and O–H groups in total. The van der Waals surface area contributed by atoms with Gasteiger partial charge < -0.3 is 15.0 Å². The number of unbranched alkanes of at least 4 members (excludes halogenated alkanes) is 1. The second-order valence-electron chi connectivity index (χ2n) is 4.99. The maximum Gasteiger partial charge on any atom is 0.265 e. The van der Waals surface area contributed by atoms with Crippen molar-refractivity contribution in [2.45, 2.75) is 32.2 Å².